The van der Waals surface area contributed by atoms with E-state index in [1.54, 1.807) is 7.11 Å². The molecule has 134 valence electrons. The predicted molar refractivity (Wildman–Crippen MR) is 97.8 cm³/mol. The molecule has 1 amide bonds. The maximum Gasteiger partial charge on any atom is 0.223 e. The number of H-pyrrole nitrogens is 1. The highest BCUT2D eigenvalue weighted by atomic mass is 16.5. The lowest BCUT2D eigenvalue weighted by atomic mass is 9.95. The maximum atomic E-state index is 12.9. The summed E-state index contributed by atoms with van der Waals surface area (Å²) in [5.41, 5.74) is 5.75. The normalized spacial score (nSPS) is 15.4. The van der Waals surface area contributed by atoms with Gasteiger partial charge in [0, 0.05) is 25.2 Å². The first-order chi connectivity index (χ1) is 12.0. The molecule has 2 heterocycles. The number of fused-ring (bicyclic) bond motifs is 1. The number of benzene rings is 1. The van der Waals surface area contributed by atoms with Crippen molar-refractivity contribution in [3.63, 3.8) is 0 Å². The molecule has 1 atom stereocenters. The number of carbonyl (C=O) groups excluding carboxylic acids is 1. The summed E-state index contributed by atoms with van der Waals surface area (Å²) in [5.74, 6) is 1.28. The van der Waals surface area contributed by atoms with Crippen molar-refractivity contribution < 1.29 is 9.53 Å². The van der Waals surface area contributed by atoms with Crippen molar-refractivity contribution in [2.24, 2.45) is 0 Å². The Hall–Kier alpha value is -2.30. The number of amides is 1. The van der Waals surface area contributed by atoms with Crippen LogP contribution in [0.4, 0.5) is 0 Å². The van der Waals surface area contributed by atoms with E-state index < -0.39 is 0 Å². The van der Waals surface area contributed by atoms with Gasteiger partial charge in [0.1, 0.15) is 5.75 Å². The standard InChI is InChI=1S/C20H27N3O2/c1-13(20-14(2)21-22-15(20)3)10-19(24)23-9-5-6-16-11-18(25-4)8-7-17(16)12-23/h7-8,11,13H,5-6,9-10,12H2,1-4H3,(H,21,22). The molecule has 5 heteroatoms. The molecule has 1 unspecified atom stereocenters. The molecule has 0 saturated carbocycles. The zero-order valence-corrected chi connectivity index (χ0v) is 15.6. The average Bonchev–Trinajstić information content (AvgIpc) is 2.81. The highest BCUT2D eigenvalue weighted by Gasteiger charge is 2.23. The van der Waals surface area contributed by atoms with E-state index >= 15 is 0 Å². The zero-order chi connectivity index (χ0) is 18.0. The molecule has 1 aromatic heterocycles. The van der Waals surface area contributed by atoms with E-state index in [1.165, 1.54) is 16.7 Å². The second-order valence-corrected chi connectivity index (χ2v) is 7.01. The van der Waals surface area contributed by atoms with E-state index in [2.05, 4.69) is 29.3 Å². The molecular weight excluding hydrogens is 314 g/mol. The van der Waals surface area contributed by atoms with Crippen molar-refractivity contribution >= 4 is 5.91 Å². The zero-order valence-electron chi connectivity index (χ0n) is 15.6. The van der Waals surface area contributed by atoms with Crippen molar-refractivity contribution in [3.05, 3.63) is 46.3 Å². The number of aromatic nitrogens is 2. The number of ether oxygens (including phenoxy) is 1. The number of aryl methyl sites for hydroxylation is 3. The van der Waals surface area contributed by atoms with Crippen molar-refractivity contribution in [1.29, 1.82) is 0 Å². The molecule has 1 aliphatic heterocycles. The topological polar surface area (TPSA) is 58.2 Å². The first-order valence-electron chi connectivity index (χ1n) is 8.94. The van der Waals surface area contributed by atoms with Crippen LogP contribution in [0.25, 0.3) is 0 Å². The van der Waals surface area contributed by atoms with E-state index in [1.807, 2.05) is 24.8 Å². The summed E-state index contributed by atoms with van der Waals surface area (Å²) in [6, 6.07) is 6.17. The number of hydrogen-bond donors (Lipinski definition) is 1. The summed E-state index contributed by atoms with van der Waals surface area (Å²) in [6.45, 7) is 7.63. The summed E-state index contributed by atoms with van der Waals surface area (Å²) >= 11 is 0. The Morgan fingerprint density at radius 1 is 1.36 bits per heavy atom. The van der Waals surface area contributed by atoms with E-state index in [0.29, 0.717) is 13.0 Å². The van der Waals surface area contributed by atoms with Crippen LogP contribution in [0, 0.1) is 13.8 Å². The van der Waals surface area contributed by atoms with Gasteiger partial charge in [-0.05, 0) is 61.4 Å². The predicted octanol–water partition coefficient (Wildman–Crippen LogP) is 3.50. The van der Waals surface area contributed by atoms with Gasteiger partial charge in [0.2, 0.25) is 5.91 Å². The molecule has 2 aromatic rings. The van der Waals surface area contributed by atoms with Gasteiger partial charge in [-0.2, -0.15) is 5.10 Å². The van der Waals surface area contributed by atoms with Crippen LogP contribution in [0.3, 0.4) is 0 Å². The molecule has 0 fully saturated rings. The third-order valence-corrected chi connectivity index (χ3v) is 5.16. The van der Waals surface area contributed by atoms with Crippen LogP contribution in [0.2, 0.25) is 0 Å². The molecule has 25 heavy (non-hydrogen) atoms. The van der Waals surface area contributed by atoms with Crippen LogP contribution in [-0.4, -0.2) is 34.7 Å². The fraction of sp³-hybridized carbons (Fsp3) is 0.500. The van der Waals surface area contributed by atoms with Gasteiger partial charge in [-0.1, -0.05) is 13.0 Å². The van der Waals surface area contributed by atoms with Gasteiger partial charge in [0.25, 0.3) is 0 Å². The second-order valence-electron chi connectivity index (χ2n) is 7.01. The molecular formula is C20H27N3O2. The number of hydrogen-bond acceptors (Lipinski definition) is 3. The Kier molecular flexibility index (Phi) is 5.11. The monoisotopic (exact) mass is 341 g/mol. The van der Waals surface area contributed by atoms with Crippen LogP contribution >= 0.6 is 0 Å². The molecule has 0 saturated heterocycles. The van der Waals surface area contributed by atoms with Gasteiger partial charge >= 0.3 is 0 Å². The number of methoxy groups -OCH3 is 1. The van der Waals surface area contributed by atoms with Gasteiger partial charge in [0.05, 0.1) is 12.8 Å². The minimum absolute atomic E-state index is 0.171. The number of aromatic amines is 1. The van der Waals surface area contributed by atoms with Gasteiger partial charge in [-0.3, -0.25) is 9.89 Å². The Bertz CT molecular complexity index is 747. The first kappa shape index (κ1) is 17.5. The molecule has 0 bridgehead atoms. The Labute approximate surface area is 149 Å². The van der Waals surface area contributed by atoms with Crippen molar-refractivity contribution in [1.82, 2.24) is 15.1 Å². The summed E-state index contributed by atoms with van der Waals surface area (Å²) in [7, 11) is 1.69. The SMILES string of the molecule is COc1ccc2c(c1)CCCN(C(=O)CC(C)c1c(C)n[nH]c1C)C2. The third-order valence-electron chi connectivity index (χ3n) is 5.16. The van der Waals surface area contributed by atoms with Gasteiger partial charge in [-0.25, -0.2) is 0 Å². The number of rotatable bonds is 4. The summed E-state index contributed by atoms with van der Waals surface area (Å²) in [4.78, 5) is 14.9. The van der Waals surface area contributed by atoms with Crippen LogP contribution in [0.15, 0.2) is 18.2 Å². The molecule has 0 radical (unpaired) electrons. The number of carbonyl (C=O) groups is 1. The van der Waals surface area contributed by atoms with Gasteiger partial charge in [0.15, 0.2) is 0 Å². The highest BCUT2D eigenvalue weighted by molar-refractivity contribution is 5.77. The lowest BCUT2D eigenvalue weighted by Gasteiger charge is -2.23. The summed E-state index contributed by atoms with van der Waals surface area (Å²) in [5, 5.41) is 7.27. The summed E-state index contributed by atoms with van der Waals surface area (Å²) in [6.07, 6.45) is 2.50. The highest BCUT2D eigenvalue weighted by Crippen LogP contribution is 2.27. The Morgan fingerprint density at radius 3 is 2.84 bits per heavy atom. The molecule has 1 N–H and O–H groups in total. The second kappa shape index (κ2) is 7.30. The van der Waals surface area contributed by atoms with Crippen molar-refractivity contribution in [3.8, 4) is 5.75 Å². The largest absolute Gasteiger partial charge is 0.497 e. The van der Waals surface area contributed by atoms with Crippen molar-refractivity contribution in [2.45, 2.75) is 52.5 Å². The lowest BCUT2D eigenvalue weighted by Crippen LogP contribution is -2.31. The van der Waals surface area contributed by atoms with Gasteiger partial charge < -0.3 is 9.64 Å². The molecule has 1 aromatic carbocycles. The number of nitrogens with one attached hydrogen (secondary N) is 1. The van der Waals surface area contributed by atoms with Crippen LogP contribution in [0.5, 0.6) is 5.75 Å². The Morgan fingerprint density at radius 2 is 2.16 bits per heavy atom. The minimum atomic E-state index is 0.171. The maximum absolute atomic E-state index is 12.9. The third kappa shape index (κ3) is 3.70. The molecule has 0 spiro atoms. The lowest BCUT2D eigenvalue weighted by molar-refractivity contribution is -0.132. The van der Waals surface area contributed by atoms with E-state index in [9.17, 15) is 4.79 Å². The van der Waals surface area contributed by atoms with Gasteiger partial charge in [-0.15, -0.1) is 0 Å². The first-order valence-corrected chi connectivity index (χ1v) is 8.94. The van der Waals surface area contributed by atoms with Crippen LogP contribution < -0.4 is 4.74 Å². The molecule has 3 rings (SSSR count). The molecule has 5 nitrogen and oxygen atoms in total. The van der Waals surface area contributed by atoms with Crippen molar-refractivity contribution in [2.75, 3.05) is 13.7 Å². The van der Waals surface area contributed by atoms with Crippen LogP contribution in [-0.2, 0) is 17.8 Å². The average molecular weight is 341 g/mol. The van der Waals surface area contributed by atoms with E-state index in [4.69, 9.17) is 4.74 Å². The molecule has 1 aliphatic rings. The quantitative estimate of drug-likeness (QED) is 0.926. The molecule has 0 aliphatic carbocycles. The Balaban J connectivity index is 1.72. The smallest absolute Gasteiger partial charge is 0.223 e. The van der Waals surface area contributed by atoms with Crippen LogP contribution in [0.1, 0.15) is 53.8 Å². The summed E-state index contributed by atoms with van der Waals surface area (Å²) < 4.78 is 5.32. The van der Waals surface area contributed by atoms with E-state index in [-0.39, 0.29) is 11.8 Å². The minimum Gasteiger partial charge on any atom is -0.497 e. The van der Waals surface area contributed by atoms with E-state index in [0.717, 1.165) is 36.5 Å². The fourth-order valence-corrected chi connectivity index (χ4v) is 3.85. The fourth-order valence-electron chi connectivity index (χ4n) is 3.85. The number of nitrogens with zero attached hydrogens (tertiary/aromatic N) is 2.